The summed E-state index contributed by atoms with van der Waals surface area (Å²) < 4.78 is 8.62. The number of nitrogens with zero attached hydrogens (tertiary/aromatic N) is 4. The number of oxazole rings is 1. The lowest BCUT2D eigenvalue weighted by molar-refractivity contribution is -0.132. The number of hydrogen-bond acceptors (Lipinski definition) is 4. The van der Waals surface area contributed by atoms with E-state index in [0.29, 0.717) is 25.1 Å². The fourth-order valence-corrected chi connectivity index (χ4v) is 3.55. The van der Waals surface area contributed by atoms with Crippen molar-refractivity contribution in [3.05, 3.63) is 53.3 Å². The van der Waals surface area contributed by atoms with E-state index in [1.807, 2.05) is 40.0 Å². The first kappa shape index (κ1) is 15.7. The van der Waals surface area contributed by atoms with Crippen LogP contribution >= 0.6 is 0 Å². The summed E-state index contributed by atoms with van der Waals surface area (Å²) in [6.07, 6.45) is 5.95. The summed E-state index contributed by atoms with van der Waals surface area (Å²) in [5.74, 6) is -0.338. The van der Waals surface area contributed by atoms with E-state index in [2.05, 4.69) is 5.10 Å². The van der Waals surface area contributed by atoms with Gasteiger partial charge < -0.3 is 9.32 Å². The molecular formula is C18H20N4O3. The SMILES string of the molecule is O=C(CCn1c(=O)oc2ccccc21)N1CCC[C@H]1Cn1cccn1. The molecule has 7 heteroatoms. The van der Waals surface area contributed by atoms with Gasteiger partial charge in [0.25, 0.3) is 0 Å². The van der Waals surface area contributed by atoms with Crippen LogP contribution in [0.5, 0.6) is 0 Å². The third kappa shape index (κ3) is 3.09. The van der Waals surface area contributed by atoms with Gasteiger partial charge in [-0.05, 0) is 31.0 Å². The number of carbonyl (C=O) groups excluding carboxylic acids is 1. The van der Waals surface area contributed by atoms with Gasteiger partial charge in [0.2, 0.25) is 5.91 Å². The number of aryl methyl sites for hydroxylation is 1. The van der Waals surface area contributed by atoms with Crippen molar-refractivity contribution in [3.8, 4) is 0 Å². The summed E-state index contributed by atoms with van der Waals surface area (Å²) in [5.41, 5.74) is 1.28. The highest BCUT2D eigenvalue weighted by molar-refractivity contribution is 5.77. The summed E-state index contributed by atoms with van der Waals surface area (Å²) >= 11 is 0. The molecule has 1 saturated heterocycles. The van der Waals surface area contributed by atoms with Crippen LogP contribution in [-0.2, 0) is 17.9 Å². The monoisotopic (exact) mass is 340 g/mol. The predicted octanol–water partition coefficient (Wildman–Crippen LogP) is 1.87. The Bertz CT molecular complexity index is 925. The highest BCUT2D eigenvalue weighted by Crippen LogP contribution is 2.20. The van der Waals surface area contributed by atoms with Crippen molar-refractivity contribution >= 4 is 17.0 Å². The molecule has 0 radical (unpaired) electrons. The van der Waals surface area contributed by atoms with Crippen molar-refractivity contribution in [2.45, 2.75) is 38.4 Å². The van der Waals surface area contributed by atoms with Gasteiger partial charge in [-0.25, -0.2) is 4.79 Å². The summed E-state index contributed by atoms with van der Waals surface area (Å²) in [4.78, 5) is 26.6. The Balaban J connectivity index is 1.44. The average Bonchev–Trinajstić information content (AvgIpc) is 3.33. The molecule has 0 bridgehead atoms. The summed E-state index contributed by atoms with van der Waals surface area (Å²) in [6, 6.07) is 9.33. The maximum atomic E-state index is 12.7. The van der Waals surface area contributed by atoms with Crippen molar-refractivity contribution in [1.82, 2.24) is 19.2 Å². The molecule has 1 aromatic carbocycles. The Hall–Kier alpha value is -2.83. The number of para-hydroxylation sites is 2. The first-order valence-electron chi connectivity index (χ1n) is 8.57. The van der Waals surface area contributed by atoms with Gasteiger partial charge >= 0.3 is 5.76 Å². The zero-order chi connectivity index (χ0) is 17.2. The van der Waals surface area contributed by atoms with Crippen LogP contribution in [0.3, 0.4) is 0 Å². The number of likely N-dealkylation sites (tertiary alicyclic amines) is 1. The second kappa shape index (κ2) is 6.58. The molecule has 0 spiro atoms. The zero-order valence-corrected chi connectivity index (χ0v) is 13.9. The highest BCUT2D eigenvalue weighted by Gasteiger charge is 2.29. The first-order valence-corrected chi connectivity index (χ1v) is 8.57. The molecule has 7 nitrogen and oxygen atoms in total. The van der Waals surface area contributed by atoms with Crippen LogP contribution in [0.25, 0.3) is 11.1 Å². The minimum absolute atomic E-state index is 0.0758. The van der Waals surface area contributed by atoms with Crippen molar-refractivity contribution in [2.75, 3.05) is 6.54 Å². The summed E-state index contributed by atoms with van der Waals surface area (Å²) in [5, 5.41) is 4.23. The minimum Gasteiger partial charge on any atom is -0.408 e. The van der Waals surface area contributed by atoms with E-state index in [0.717, 1.165) is 24.9 Å². The van der Waals surface area contributed by atoms with E-state index in [4.69, 9.17) is 4.42 Å². The molecule has 0 unspecified atom stereocenters. The molecule has 4 rings (SSSR count). The van der Waals surface area contributed by atoms with Gasteiger partial charge in [0.1, 0.15) is 0 Å². The van der Waals surface area contributed by atoms with Crippen LogP contribution < -0.4 is 5.76 Å². The van der Waals surface area contributed by atoms with E-state index in [1.54, 1.807) is 12.3 Å². The Morgan fingerprint density at radius 2 is 2.16 bits per heavy atom. The van der Waals surface area contributed by atoms with Crippen molar-refractivity contribution in [1.29, 1.82) is 0 Å². The molecule has 1 aliphatic heterocycles. The molecule has 1 fully saturated rings. The minimum atomic E-state index is -0.413. The molecule has 25 heavy (non-hydrogen) atoms. The highest BCUT2D eigenvalue weighted by atomic mass is 16.4. The number of fused-ring (bicyclic) bond motifs is 1. The largest absolute Gasteiger partial charge is 0.419 e. The molecule has 0 aliphatic carbocycles. The fraction of sp³-hybridized carbons (Fsp3) is 0.389. The molecule has 1 atom stereocenters. The van der Waals surface area contributed by atoms with Crippen LogP contribution in [0, 0.1) is 0 Å². The Morgan fingerprint density at radius 3 is 3.00 bits per heavy atom. The number of carbonyl (C=O) groups is 1. The fourth-order valence-electron chi connectivity index (χ4n) is 3.55. The summed E-state index contributed by atoms with van der Waals surface area (Å²) in [7, 11) is 0. The normalized spacial score (nSPS) is 17.4. The quantitative estimate of drug-likeness (QED) is 0.711. The average molecular weight is 340 g/mol. The van der Waals surface area contributed by atoms with Crippen LogP contribution in [0.15, 0.2) is 51.9 Å². The van der Waals surface area contributed by atoms with Crippen molar-refractivity contribution in [2.24, 2.45) is 0 Å². The third-order valence-corrected chi connectivity index (χ3v) is 4.78. The van der Waals surface area contributed by atoms with Gasteiger partial charge in [0.05, 0.1) is 18.1 Å². The van der Waals surface area contributed by atoms with E-state index < -0.39 is 5.76 Å². The van der Waals surface area contributed by atoms with Gasteiger partial charge in [0, 0.05) is 31.9 Å². The molecule has 1 amide bonds. The van der Waals surface area contributed by atoms with Crippen molar-refractivity contribution in [3.63, 3.8) is 0 Å². The molecule has 1 aliphatic rings. The smallest absolute Gasteiger partial charge is 0.408 e. The topological polar surface area (TPSA) is 73.3 Å². The van der Waals surface area contributed by atoms with E-state index in [9.17, 15) is 9.59 Å². The van der Waals surface area contributed by atoms with E-state index >= 15 is 0 Å². The van der Waals surface area contributed by atoms with E-state index in [1.165, 1.54) is 4.57 Å². The first-order chi connectivity index (χ1) is 12.2. The van der Waals surface area contributed by atoms with Crippen molar-refractivity contribution < 1.29 is 9.21 Å². The molecule has 2 aromatic heterocycles. The maximum absolute atomic E-state index is 12.7. The second-order valence-corrected chi connectivity index (χ2v) is 6.35. The maximum Gasteiger partial charge on any atom is 0.419 e. The van der Waals surface area contributed by atoms with Crippen LogP contribution in [0.2, 0.25) is 0 Å². The molecule has 3 aromatic rings. The third-order valence-electron chi connectivity index (χ3n) is 4.78. The lowest BCUT2D eigenvalue weighted by Gasteiger charge is -2.24. The number of rotatable bonds is 5. The lowest BCUT2D eigenvalue weighted by Crippen LogP contribution is -2.38. The zero-order valence-electron chi connectivity index (χ0n) is 13.9. The van der Waals surface area contributed by atoms with Crippen LogP contribution in [-0.4, -0.2) is 37.7 Å². The van der Waals surface area contributed by atoms with Gasteiger partial charge in [-0.1, -0.05) is 12.1 Å². The molecule has 0 saturated carbocycles. The second-order valence-electron chi connectivity index (χ2n) is 6.35. The van der Waals surface area contributed by atoms with Crippen LogP contribution in [0.4, 0.5) is 0 Å². The van der Waals surface area contributed by atoms with E-state index in [-0.39, 0.29) is 11.9 Å². The number of benzene rings is 1. The number of hydrogen-bond donors (Lipinski definition) is 0. The van der Waals surface area contributed by atoms with Gasteiger partial charge in [-0.15, -0.1) is 0 Å². The molecule has 130 valence electrons. The standard InChI is InChI=1S/C18H20N4O3/c23-17(21-11-3-5-14(21)13-20-10-4-9-19-20)8-12-22-15-6-1-2-7-16(15)25-18(22)24/h1-2,4,6-7,9-10,14H,3,5,8,11-13H2/t14-/m0/s1. The Kier molecular flexibility index (Phi) is 4.13. The summed E-state index contributed by atoms with van der Waals surface area (Å²) in [6.45, 7) is 1.82. The Labute approximate surface area is 144 Å². The predicted molar refractivity (Wildman–Crippen MR) is 92.1 cm³/mol. The molecule has 3 heterocycles. The molecule has 0 N–H and O–H groups in total. The molecular weight excluding hydrogens is 320 g/mol. The van der Waals surface area contributed by atoms with Gasteiger partial charge in [-0.3, -0.25) is 14.0 Å². The van der Waals surface area contributed by atoms with Crippen LogP contribution in [0.1, 0.15) is 19.3 Å². The number of aromatic nitrogens is 3. The van der Waals surface area contributed by atoms with Gasteiger partial charge in [0.15, 0.2) is 5.58 Å². The van der Waals surface area contributed by atoms with Gasteiger partial charge in [-0.2, -0.15) is 5.10 Å². The lowest BCUT2D eigenvalue weighted by atomic mass is 10.2. The Morgan fingerprint density at radius 1 is 1.28 bits per heavy atom. The number of amides is 1.